The van der Waals surface area contributed by atoms with Gasteiger partial charge in [0, 0.05) is 44.0 Å². The second-order valence-electron chi connectivity index (χ2n) is 9.45. The normalized spacial score (nSPS) is 18.4. The molecule has 4 heterocycles. The first kappa shape index (κ1) is 38.7. The lowest BCUT2D eigenvalue weighted by Gasteiger charge is -2.40. The molecule has 1 spiro atoms. The molecule has 45 heavy (non-hydrogen) atoms. The first-order chi connectivity index (χ1) is 20.6. The van der Waals surface area contributed by atoms with Crippen molar-refractivity contribution in [2.45, 2.75) is 44.3 Å². The van der Waals surface area contributed by atoms with E-state index >= 15 is 0 Å². The highest BCUT2D eigenvalue weighted by molar-refractivity contribution is 5.73. The van der Waals surface area contributed by atoms with Crippen molar-refractivity contribution in [3.8, 4) is 0 Å². The van der Waals surface area contributed by atoms with Crippen LogP contribution in [0, 0.1) is 11.2 Å². The van der Waals surface area contributed by atoms with E-state index in [0.717, 1.165) is 39.1 Å². The molecule has 3 N–H and O–H groups in total. The molecular weight excluding hydrogens is 644 g/mol. The van der Waals surface area contributed by atoms with Gasteiger partial charge in [-0.2, -0.15) is 39.5 Å². The first-order valence-electron chi connectivity index (χ1n) is 12.3. The largest absolute Gasteiger partial charge is 0.490 e. The lowest BCUT2D eigenvalue weighted by Crippen LogP contribution is -2.45. The Morgan fingerprint density at radius 1 is 0.756 bits per heavy atom. The minimum Gasteiger partial charge on any atom is -0.475 e. The fourth-order valence-corrected chi connectivity index (χ4v) is 4.09. The Kier molecular flexibility index (Phi) is 13.9. The van der Waals surface area contributed by atoms with Crippen molar-refractivity contribution in [2.75, 3.05) is 31.1 Å². The molecule has 2 aliphatic rings. The number of alkyl halides is 9. The van der Waals surface area contributed by atoms with E-state index in [1.54, 1.807) is 0 Å². The summed E-state index contributed by atoms with van der Waals surface area (Å²) >= 11 is 0. The molecule has 2 saturated heterocycles. The molecule has 0 radical (unpaired) electrons. The Bertz CT molecular complexity index is 1190. The summed E-state index contributed by atoms with van der Waals surface area (Å²) < 4.78 is 108. The highest BCUT2D eigenvalue weighted by Crippen LogP contribution is 2.40. The highest BCUT2D eigenvalue weighted by Gasteiger charge is 2.42. The summed E-state index contributed by atoms with van der Waals surface area (Å²) in [6.45, 7) is 5.13. The van der Waals surface area contributed by atoms with Gasteiger partial charge in [0.05, 0.1) is 12.4 Å². The Balaban J connectivity index is 0.000000396. The van der Waals surface area contributed by atoms with Crippen LogP contribution in [-0.4, -0.2) is 97.8 Å². The smallest absolute Gasteiger partial charge is 0.475 e. The number of aromatic nitrogens is 3. The third-order valence-corrected chi connectivity index (χ3v) is 5.95. The van der Waals surface area contributed by atoms with Crippen molar-refractivity contribution < 1.29 is 73.6 Å². The van der Waals surface area contributed by atoms with Crippen molar-refractivity contribution in [2.24, 2.45) is 5.41 Å². The van der Waals surface area contributed by atoms with E-state index in [-0.39, 0.29) is 5.82 Å². The highest BCUT2D eigenvalue weighted by atomic mass is 19.4. The maximum Gasteiger partial charge on any atom is 0.490 e. The number of hydrogen-bond donors (Lipinski definition) is 3. The number of carboxylic acids is 3. The number of nitrogens with zero attached hydrogens (tertiary/aromatic N) is 5. The number of hydrogen-bond acceptors (Lipinski definition) is 8. The summed E-state index contributed by atoms with van der Waals surface area (Å²) in [5, 5.41) is 21.4. The van der Waals surface area contributed by atoms with Gasteiger partial charge in [-0.3, -0.25) is 9.88 Å². The molecule has 0 aliphatic carbocycles. The van der Waals surface area contributed by atoms with Gasteiger partial charge >= 0.3 is 36.4 Å². The number of piperidine rings is 1. The third kappa shape index (κ3) is 14.4. The van der Waals surface area contributed by atoms with Crippen LogP contribution < -0.4 is 4.90 Å². The molecule has 0 amide bonds. The fourth-order valence-electron chi connectivity index (χ4n) is 4.09. The molecule has 0 aromatic carbocycles. The second-order valence-corrected chi connectivity index (χ2v) is 9.45. The SMILES string of the molecule is Fc1cnc(N2CCCC3(CCN(Cc4ccncc4)C3)C2)nc1.O=C(O)C(F)(F)F.O=C(O)C(F)(F)F.O=C(O)C(F)(F)F. The van der Waals surface area contributed by atoms with Crippen molar-refractivity contribution in [3.05, 3.63) is 48.3 Å². The molecule has 2 aromatic rings. The predicted molar refractivity (Wildman–Crippen MR) is 131 cm³/mol. The third-order valence-electron chi connectivity index (χ3n) is 5.95. The van der Waals surface area contributed by atoms with Crippen molar-refractivity contribution in [1.29, 1.82) is 0 Å². The molecular formula is C24H25F10N5O6. The van der Waals surface area contributed by atoms with Crippen LogP contribution in [0.5, 0.6) is 0 Å². The molecule has 1 unspecified atom stereocenters. The molecule has 2 aliphatic heterocycles. The van der Waals surface area contributed by atoms with E-state index in [2.05, 4.69) is 36.9 Å². The Morgan fingerprint density at radius 3 is 1.62 bits per heavy atom. The monoisotopic (exact) mass is 669 g/mol. The van der Waals surface area contributed by atoms with Crippen LogP contribution in [0.3, 0.4) is 0 Å². The zero-order chi connectivity index (χ0) is 34.6. The van der Waals surface area contributed by atoms with Gasteiger partial charge in [-0.25, -0.2) is 28.7 Å². The zero-order valence-corrected chi connectivity index (χ0v) is 22.7. The van der Waals surface area contributed by atoms with E-state index in [1.807, 2.05) is 12.4 Å². The van der Waals surface area contributed by atoms with Gasteiger partial charge in [0.2, 0.25) is 5.95 Å². The Labute approximate surface area is 247 Å². The van der Waals surface area contributed by atoms with Gasteiger partial charge in [-0.15, -0.1) is 0 Å². The van der Waals surface area contributed by atoms with E-state index in [1.165, 1.54) is 30.8 Å². The van der Waals surface area contributed by atoms with Crippen LogP contribution in [-0.2, 0) is 20.9 Å². The van der Waals surface area contributed by atoms with Gasteiger partial charge in [0.25, 0.3) is 0 Å². The zero-order valence-electron chi connectivity index (χ0n) is 22.7. The van der Waals surface area contributed by atoms with E-state index in [9.17, 15) is 43.9 Å². The Hall–Kier alpha value is -4.30. The van der Waals surface area contributed by atoms with Crippen LogP contribution in [0.4, 0.5) is 49.9 Å². The first-order valence-corrected chi connectivity index (χ1v) is 12.3. The van der Waals surface area contributed by atoms with Gasteiger partial charge < -0.3 is 20.2 Å². The average molecular weight is 669 g/mol. The second kappa shape index (κ2) is 16.1. The maximum absolute atomic E-state index is 13.1. The molecule has 1 atom stereocenters. The van der Waals surface area contributed by atoms with Crippen LogP contribution in [0.15, 0.2) is 36.9 Å². The topological polar surface area (TPSA) is 157 Å². The van der Waals surface area contributed by atoms with Gasteiger partial charge in [0.1, 0.15) is 0 Å². The van der Waals surface area contributed by atoms with Crippen LogP contribution in [0.2, 0.25) is 0 Å². The Morgan fingerprint density at radius 2 is 1.20 bits per heavy atom. The number of carboxylic acid groups (broad SMARTS) is 3. The number of carbonyl (C=O) groups is 3. The number of halogens is 10. The van der Waals surface area contributed by atoms with E-state index in [0.29, 0.717) is 11.4 Å². The van der Waals surface area contributed by atoms with Crippen LogP contribution in [0.25, 0.3) is 0 Å². The molecule has 11 nitrogen and oxygen atoms in total. The molecule has 4 rings (SSSR count). The maximum atomic E-state index is 13.1. The number of rotatable bonds is 3. The van der Waals surface area contributed by atoms with Crippen molar-refractivity contribution in [1.82, 2.24) is 19.9 Å². The summed E-state index contributed by atoms with van der Waals surface area (Å²) in [6.07, 6.45) is -5.43. The summed E-state index contributed by atoms with van der Waals surface area (Å²) in [4.78, 5) is 43.9. The number of aliphatic carboxylic acids is 3. The average Bonchev–Trinajstić information content (AvgIpc) is 3.30. The summed E-state index contributed by atoms with van der Waals surface area (Å²) in [7, 11) is 0. The lowest BCUT2D eigenvalue weighted by atomic mass is 9.79. The standard InChI is InChI=1S/C18H22FN5.3C2HF3O2/c19-16-10-21-17(22-11-16)24-8-1-4-18(14-24)5-9-23(13-18)12-15-2-6-20-7-3-15;3*3-2(4,5)1(6)7/h2-3,6-7,10-11H,1,4-5,8-9,12-14H2;3*(H,6,7). The summed E-state index contributed by atoms with van der Waals surface area (Å²) in [6, 6.07) is 4.18. The van der Waals surface area contributed by atoms with Gasteiger partial charge in [-0.1, -0.05) is 0 Å². The van der Waals surface area contributed by atoms with Crippen LogP contribution >= 0.6 is 0 Å². The molecule has 2 aromatic heterocycles. The predicted octanol–water partition coefficient (Wildman–Crippen LogP) is 4.40. The number of likely N-dealkylation sites (tertiary alicyclic amines) is 1. The quantitative estimate of drug-likeness (QED) is 0.398. The summed E-state index contributed by atoms with van der Waals surface area (Å²) in [5.74, 6) is -7.99. The lowest BCUT2D eigenvalue weighted by molar-refractivity contribution is -0.193. The van der Waals surface area contributed by atoms with Gasteiger partial charge in [-0.05, 0) is 43.5 Å². The molecule has 0 bridgehead atoms. The van der Waals surface area contributed by atoms with E-state index < -0.39 is 36.4 Å². The summed E-state index contributed by atoms with van der Waals surface area (Å²) in [5.41, 5.74) is 1.62. The van der Waals surface area contributed by atoms with Crippen LogP contribution in [0.1, 0.15) is 24.8 Å². The van der Waals surface area contributed by atoms with Crippen molar-refractivity contribution >= 4 is 23.9 Å². The molecule has 21 heteroatoms. The minimum atomic E-state index is -5.08. The molecule has 0 saturated carbocycles. The number of anilines is 1. The minimum absolute atomic E-state index is 0.309. The molecule has 252 valence electrons. The van der Waals surface area contributed by atoms with Gasteiger partial charge in [0.15, 0.2) is 5.82 Å². The van der Waals surface area contributed by atoms with Crippen molar-refractivity contribution in [3.63, 3.8) is 0 Å². The fraction of sp³-hybridized carbons (Fsp3) is 0.500. The molecule has 2 fully saturated rings. The number of pyridine rings is 1. The van der Waals surface area contributed by atoms with E-state index in [4.69, 9.17) is 29.7 Å².